The lowest BCUT2D eigenvalue weighted by Crippen LogP contribution is -2.58. The largest absolute Gasteiger partial charge is 0.485 e. The predicted octanol–water partition coefficient (Wildman–Crippen LogP) is 13.8. The number of unbranched alkanes of at least 4 members (excludes halogenated alkanes) is 1. The fourth-order valence-electron chi connectivity index (χ4n) is 8.16. The number of hydrogen-bond donors (Lipinski definition) is 0. The van der Waals surface area contributed by atoms with Crippen molar-refractivity contribution in [3.05, 3.63) is 190 Å². The highest BCUT2D eigenvalue weighted by Gasteiger charge is 2.44. The summed E-state index contributed by atoms with van der Waals surface area (Å²) >= 11 is 18.6. The fourth-order valence-corrected chi connectivity index (χ4v) is 12.1. The number of nitrogens with zero attached hydrogens (tertiary/aromatic N) is 8. The second kappa shape index (κ2) is 29.8. The number of benzene rings is 3. The van der Waals surface area contributed by atoms with E-state index in [4.69, 9.17) is 49.0 Å². The van der Waals surface area contributed by atoms with Gasteiger partial charge in [-0.25, -0.2) is 19.0 Å². The maximum Gasteiger partial charge on any atom is 0.289 e. The average molecular weight is 1210 g/mol. The number of ether oxygens (including phenoxy) is 3. The Kier molecular flexibility index (Phi) is 24.7. The van der Waals surface area contributed by atoms with E-state index in [2.05, 4.69) is 108 Å². The molecule has 446 valence electrons. The Morgan fingerprint density at radius 3 is 1.47 bits per heavy atom. The average Bonchev–Trinajstić information content (AvgIpc) is 3.39. The SMILES string of the molecule is C.CC(C)(C)n1ncc(OCc2ccc([Si](C)(n3ccnc3)C(C)(C)C)cc2)c(Cl)c1=O.CCCCC(=O)c1ccc(COc2cnn(C(C)(C)C)c(=O)c2Cl)cc1.CCCOCc1ccc(C#Cc2cnn(C(C)(C)C)c(=O)c2Cl)cc1. The van der Waals surface area contributed by atoms with Gasteiger partial charge in [0.15, 0.2) is 35.6 Å². The first-order valence-corrected chi connectivity index (χ1v) is 31.0. The maximum absolute atomic E-state index is 12.5. The highest BCUT2D eigenvalue weighted by molar-refractivity contribution is 6.91. The van der Waals surface area contributed by atoms with Crippen molar-refractivity contribution in [2.24, 2.45) is 0 Å². The molecule has 0 aliphatic rings. The van der Waals surface area contributed by atoms with Gasteiger partial charge in [0, 0.05) is 36.5 Å². The van der Waals surface area contributed by atoms with Crippen LogP contribution in [0.5, 0.6) is 11.5 Å². The van der Waals surface area contributed by atoms with E-state index in [-0.39, 0.29) is 62.4 Å². The van der Waals surface area contributed by atoms with Crippen LogP contribution in [-0.4, -0.2) is 59.2 Å². The number of halogens is 3. The Morgan fingerprint density at radius 2 is 1.04 bits per heavy atom. The third-order valence-corrected chi connectivity index (χ3v) is 20.1. The van der Waals surface area contributed by atoms with Crippen LogP contribution in [0.4, 0.5) is 0 Å². The number of imidazole rings is 1. The summed E-state index contributed by atoms with van der Waals surface area (Å²) in [6.07, 6.45) is 13.8. The summed E-state index contributed by atoms with van der Waals surface area (Å²) in [6.45, 7) is 32.3. The van der Waals surface area contributed by atoms with Crippen LogP contribution in [-0.2, 0) is 41.2 Å². The lowest BCUT2D eigenvalue weighted by molar-refractivity contribution is 0.0979. The zero-order valence-corrected chi connectivity index (χ0v) is 53.4. The van der Waals surface area contributed by atoms with Gasteiger partial charge in [0.2, 0.25) is 0 Å². The van der Waals surface area contributed by atoms with Gasteiger partial charge in [-0.1, -0.05) is 156 Å². The van der Waals surface area contributed by atoms with E-state index in [0.29, 0.717) is 36.5 Å². The third-order valence-electron chi connectivity index (χ3n) is 13.3. The van der Waals surface area contributed by atoms with E-state index >= 15 is 0 Å². The number of ketones is 1. The zero-order valence-electron chi connectivity index (χ0n) is 50.1. The minimum Gasteiger partial charge on any atom is -0.485 e. The van der Waals surface area contributed by atoms with Gasteiger partial charge in [0.1, 0.15) is 18.2 Å². The molecular formula is C64H83Cl3N8O7Si. The minimum atomic E-state index is -2.06. The molecule has 1 unspecified atom stereocenters. The molecule has 0 amide bonds. The number of carbonyl (C=O) groups is 1. The molecule has 0 radical (unpaired) electrons. The summed E-state index contributed by atoms with van der Waals surface area (Å²) in [5.74, 6) is 6.65. The van der Waals surface area contributed by atoms with Crippen molar-refractivity contribution in [1.82, 2.24) is 38.6 Å². The Hall–Kier alpha value is -6.61. The van der Waals surface area contributed by atoms with Crippen LogP contribution >= 0.6 is 34.8 Å². The maximum atomic E-state index is 12.5. The standard InChI is InChI=1S/C23H31ClN4O2Si.C20H25ClN2O3.C20H23ClN2O2.CH4/c1-22(2,3)28-21(29)20(24)19(14-26-28)30-15-17-8-10-18(11-9-17)31(7,23(4,5)6)27-13-12-25-16-27;1-5-6-7-16(24)15-10-8-14(9-11-15)13-26-17-12-22-23(20(2,3)4)19(25)18(17)21;1-5-12-25-14-16-8-6-15(7-9-16)10-11-17-13-22-23(20(2,3)4)19(24)18(17)21;/h8-14,16H,15H2,1-7H3;8-12H,5-7,13H2,1-4H3;6-9,13H,5,12,14H2,1-4H3;1H4. The van der Waals surface area contributed by atoms with E-state index in [1.165, 1.54) is 37.8 Å². The van der Waals surface area contributed by atoms with Gasteiger partial charge in [-0.15, -0.1) is 0 Å². The number of rotatable bonds is 16. The quantitative estimate of drug-likeness (QED) is 0.0391. The molecule has 0 saturated heterocycles. The fraction of sp³-hybridized carbons (Fsp3) is 0.438. The molecule has 83 heavy (non-hydrogen) atoms. The lowest BCUT2D eigenvalue weighted by atomic mass is 10.0. The van der Waals surface area contributed by atoms with Crippen molar-refractivity contribution >= 4 is 54.0 Å². The summed E-state index contributed by atoms with van der Waals surface area (Å²) < 4.78 is 23.3. The summed E-state index contributed by atoms with van der Waals surface area (Å²) in [7, 11) is -2.06. The van der Waals surface area contributed by atoms with Crippen LogP contribution in [0, 0.1) is 11.8 Å². The molecule has 3 aromatic carbocycles. The summed E-state index contributed by atoms with van der Waals surface area (Å²) in [5, 5.41) is 14.1. The normalized spacial score (nSPS) is 12.3. The van der Waals surface area contributed by atoms with Gasteiger partial charge < -0.3 is 18.4 Å². The van der Waals surface area contributed by atoms with Crippen molar-refractivity contribution in [2.45, 2.75) is 178 Å². The first kappa shape index (κ1) is 68.9. The molecule has 0 bridgehead atoms. The predicted molar refractivity (Wildman–Crippen MR) is 339 cm³/mol. The van der Waals surface area contributed by atoms with E-state index < -0.39 is 24.9 Å². The molecule has 7 rings (SSSR count). The van der Waals surface area contributed by atoms with E-state index in [0.717, 1.165) is 48.1 Å². The lowest BCUT2D eigenvalue weighted by Gasteiger charge is -2.41. The smallest absolute Gasteiger partial charge is 0.289 e. The van der Waals surface area contributed by atoms with E-state index in [1.807, 2.05) is 111 Å². The molecule has 4 heterocycles. The monoisotopic (exact) mass is 1210 g/mol. The molecule has 19 heteroatoms. The van der Waals surface area contributed by atoms with Crippen molar-refractivity contribution in [1.29, 1.82) is 0 Å². The Bertz CT molecular complexity index is 3490. The van der Waals surface area contributed by atoms with Gasteiger partial charge >= 0.3 is 0 Å². The van der Waals surface area contributed by atoms with Gasteiger partial charge in [-0.3, -0.25) is 19.2 Å². The zero-order chi connectivity index (χ0) is 60.8. The molecule has 0 saturated carbocycles. The summed E-state index contributed by atoms with van der Waals surface area (Å²) in [6, 6.07) is 23.6. The van der Waals surface area contributed by atoms with Gasteiger partial charge in [0.05, 0.1) is 53.7 Å². The molecule has 0 spiro atoms. The second-order valence-electron chi connectivity index (χ2n) is 24.0. The molecule has 7 aromatic rings. The molecule has 0 fully saturated rings. The van der Waals surface area contributed by atoms with Crippen molar-refractivity contribution in [3.8, 4) is 23.3 Å². The van der Waals surface area contributed by atoms with Crippen LogP contribution in [0.1, 0.15) is 168 Å². The molecule has 1 atom stereocenters. The van der Waals surface area contributed by atoms with Crippen LogP contribution in [0.15, 0.2) is 124 Å². The van der Waals surface area contributed by atoms with E-state index in [1.54, 1.807) is 12.1 Å². The molecule has 0 aliphatic heterocycles. The molecule has 15 nitrogen and oxygen atoms in total. The first-order valence-electron chi connectivity index (χ1n) is 27.4. The summed E-state index contributed by atoms with van der Waals surface area (Å²) in [4.78, 5) is 53.4. The van der Waals surface area contributed by atoms with Crippen LogP contribution in [0.2, 0.25) is 26.7 Å². The van der Waals surface area contributed by atoms with Gasteiger partial charge in [-0.2, -0.15) is 15.3 Å². The first-order chi connectivity index (χ1) is 38.4. The molecule has 0 N–H and O–H groups in total. The van der Waals surface area contributed by atoms with Crippen molar-refractivity contribution in [2.75, 3.05) is 6.61 Å². The molecule has 4 aromatic heterocycles. The molecular weight excluding hydrogens is 1130 g/mol. The Labute approximate surface area is 506 Å². The topological polar surface area (TPSA) is 167 Å². The Morgan fingerprint density at radius 1 is 0.590 bits per heavy atom. The van der Waals surface area contributed by atoms with Crippen LogP contribution in [0.3, 0.4) is 0 Å². The van der Waals surface area contributed by atoms with Crippen LogP contribution < -0.4 is 31.3 Å². The van der Waals surface area contributed by atoms with Crippen molar-refractivity contribution < 1.29 is 19.0 Å². The number of carbonyl (C=O) groups excluding carboxylic acids is 1. The van der Waals surface area contributed by atoms with Gasteiger partial charge in [-0.05, 0) is 121 Å². The molecule has 0 aliphatic carbocycles. The Balaban J connectivity index is 0.000000268. The second-order valence-corrected chi connectivity index (χ2v) is 29.8. The minimum absolute atomic E-state index is 0. The number of Topliss-reactive ketones (excluding diaryl/α,β-unsaturated/α-hetero) is 1. The van der Waals surface area contributed by atoms with Crippen LogP contribution in [0.25, 0.3) is 0 Å². The number of aromatic nitrogens is 8. The van der Waals surface area contributed by atoms with E-state index in [9.17, 15) is 19.2 Å². The van der Waals surface area contributed by atoms with Gasteiger partial charge in [0.25, 0.3) is 16.7 Å². The third kappa shape index (κ3) is 18.4. The van der Waals surface area contributed by atoms with Crippen molar-refractivity contribution in [3.63, 3.8) is 0 Å². The highest BCUT2D eigenvalue weighted by Crippen LogP contribution is 2.37. The summed E-state index contributed by atoms with van der Waals surface area (Å²) in [5.41, 5.74) is 2.56. The number of hydrogen-bond acceptors (Lipinski definition) is 11. The highest BCUT2D eigenvalue weighted by atomic mass is 35.5.